The lowest BCUT2D eigenvalue weighted by atomic mass is 9.93. The van der Waals surface area contributed by atoms with E-state index in [4.69, 9.17) is 4.74 Å². The Morgan fingerprint density at radius 1 is 0.897 bits per heavy atom. The average molecular weight is 538 g/mol. The van der Waals surface area contributed by atoms with Gasteiger partial charge in [-0.05, 0) is 49.8 Å². The molecule has 0 radical (unpaired) electrons. The zero-order valence-electron chi connectivity index (χ0n) is 23.2. The Kier molecular flexibility index (Phi) is 9.37. The lowest BCUT2D eigenvalue weighted by Crippen LogP contribution is -2.64. The number of alkyl carbamates (subject to hydrolysis) is 1. The first-order valence-corrected chi connectivity index (χ1v) is 13.2. The van der Waals surface area contributed by atoms with Crippen molar-refractivity contribution in [1.82, 2.24) is 16.0 Å². The molecule has 0 saturated carbocycles. The number of ether oxygens (including phenoxy) is 1. The van der Waals surface area contributed by atoms with E-state index < -0.39 is 47.1 Å². The van der Waals surface area contributed by atoms with Gasteiger partial charge in [0.25, 0.3) is 0 Å². The number of carboxylic acids is 1. The Morgan fingerprint density at radius 2 is 1.46 bits per heavy atom. The van der Waals surface area contributed by atoms with Crippen LogP contribution in [0.2, 0.25) is 0 Å². The van der Waals surface area contributed by atoms with Gasteiger partial charge in [0.2, 0.25) is 11.8 Å². The van der Waals surface area contributed by atoms with Crippen LogP contribution in [0.3, 0.4) is 0 Å². The fourth-order valence-electron chi connectivity index (χ4n) is 4.74. The van der Waals surface area contributed by atoms with Crippen LogP contribution in [-0.4, -0.2) is 52.2 Å². The van der Waals surface area contributed by atoms with Crippen molar-refractivity contribution in [3.05, 3.63) is 71.3 Å². The van der Waals surface area contributed by atoms with Crippen molar-refractivity contribution < 1.29 is 29.0 Å². The highest BCUT2D eigenvalue weighted by molar-refractivity contribution is 5.96. The molecule has 0 aromatic heterocycles. The second kappa shape index (κ2) is 12.3. The molecule has 4 N–H and O–H groups in total. The SMILES string of the molecule is CC(C)C[C@@H](NC(=O)[C@@H](Cc1ccccc1)NC(=O)C1(NC(=O)OC(C)(C)C)Cc2ccccc2C1)C(=O)O. The summed E-state index contributed by atoms with van der Waals surface area (Å²) >= 11 is 0. The van der Waals surface area contributed by atoms with E-state index in [9.17, 15) is 24.3 Å². The van der Waals surface area contributed by atoms with E-state index in [2.05, 4.69) is 16.0 Å². The Bertz CT molecular complexity index is 1160. The van der Waals surface area contributed by atoms with E-state index in [1.54, 1.807) is 20.8 Å². The first kappa shape index (κ1) is 29.7. The van der Waals surface area contributed by atoms with Gasteiger partial charge in [0.15, 0.2) is 0 Å². The molecule has 9 heteroatoms. The number of carboxylic acid groups (broad SMARTS) is 1. The molecule has 0 unspecified atom stereocenters. The number of hydrogen-bond acceptors (Lipinski definition) is 5. The van der Waals surface area contributed by atoms with E-state index in [-0.39, 0.29) is 31.6 Å². The third-order valence-electron chi connectivity index (χ3n) is 6.50. The first-order chi connectivity index (χ1) is 18.3. The maximum atomic E-state index is 14.0. The number of carbonyl (C=O) groups excluding carboxylic acids is 3. The van der Waals surface area contributed by atoms with Crippen LogP contribution in [0.5, 0.6) is 0 Å². The van der Waals surface area contributed by atoms with Gasteiger partial charge in [-0.25, -0.2) is 9.59 Å². The van der Waals surface area contributed by atoms with Crippen molar-refractivity contribution in [3.8, 4) is 0 Å². The molecule has 0 bridgehead atoms. The predicted molar refractivity (Wildman–Crippen MR) is 147 cm³/mol. The average Bonchev–Trinajstić information content (AvgIpc) is 3.21. The minimum absolute atomic E-state index is 0.0341. The normalized spacial score (nSPS) is 15.5. The topological polar surface area (TPSA) is 134 Å². The van der Waals surface area contributed by atoms with Crippen LogP contribution in [0, 0.1) is 5.92 Å². The summed E-state index contributed by atoms with van der Waals surface area (Å²) in [5, 5.41) is 17.9. The van der Waals surface area contributed by atoms with Crippen LogP contribution >= 0.6 is 0 Å². The number of hydrogen-bond donors (Lipinski definition) is 4. The van der Waals surface area contributed by atoms with Crippen molar-refractivity contribution in [3.63, 3.8) is 0 Å². The molecule has 0 fully saturated rings. The zero-order valence-corrected chi connectivity index (χ0v) is 23.2. The van der Waals surface area contributed by atoms with E-state index in [0.717, 1.165) is 16.7 Å². The van der Waals surface area contributed by atoms with Crippen LogP contribution in [0.25, 0.3) is 0 Å². The number of carbonyl (C=O) groups is 4. The third-order valence-corrected chi connectivity index (χ3v) is 6.50. The van der Waals surface area contributed by atoms with Crippen molar-refractivity contribution in [2.75, 3.05) is 0 Å². The molecule has 2 atom stereocenters. The minimum atomic E-state index is -1.38. The summed E-state index contributed by atoms with van der Waals surface area (Å²) in [5.41, 5.74) is 0.458. The molecule has 0 heterocycles. The van der Waals surface area contributed by atoms with Crippen LogP contribution in [0.1, 0.15) is 57.7 Å². The second-order valence-corrected chi connectivity index (χ2v) is 11.6. The Labute approximate surface area is 229 Å². The quantitative estimate of drug-likeness (QED) is 0.367. The predicted octanol–water partition coefficient (Wildman–Crippen LogP) is 3.39. The molecule has 9 nitrogen and oxygen atoms in total. The molecule has 0 aliphatic heterocycles. The molecule has 39 heavy (non-hydrogen) atoms. The molecule has 1 aliphatic carbocycles. The van der Waals surface area contributed by atoms with Gasteiger partial charge in [-0.15, -0.1) is 0 Å². The smallest absolute Gasteiger partial charge is 0.408 e. The lowest BCUT2D eigenvalue weighted by molar-refractivity contribution is -0.142. The molecule has 3 amide bonds. The molecule has 210 valence electrons. The Hall–Kier alpha value is -3.88. The highest BCUT2D eigenvalue weighted by Gasteiger charge is 2.47. The standard InChI is InChI=1S/C30H39N3O6/c1-19(2)15-24(26(35)36)31-25(34)23(16-20-11-7-6-8-12-20)32-27(37)30(33-28(38)39-29(3,4)5)17-21-13-9-10-14-22(21)18-30/h6-14,19,23-24H,15-18H2,1-5H3,(H,31,34)(H,32,37)(H,33,38)(H,35,36)/t23-,24-/m1/s1. The van der Waals surface area contributed by atoms with Gasteiger partial charge in [-0.1, -0.05) is 68.4 Å². The van der Waals surface area contributed by atoms with E-state index >= 15 is 0 Å². The lowest BCUT2D eigenvalue weighted by Gasteiger charge is -2.32. The van der Waals surface area contributed by atoms with Gasteiger partial charge in [0.1, 0.15) is 23.2 Å². The third kappa shape index (κ3) is 8.30. The van der Waals surface area contributed by atoms with Crippen molar-refractivity contribution in [1.29, 1.82) is 0 Å². The van der Waals surface area contributed by atoms with Crippen LogP contribution in [0.4, 0.5) is 4.79 Å². The molecular weight excluding hydrogens is 498 g/mol. The summed E-state index contributed by atoms with van der Waals surface area (Å²) in [6, 6.07) is 14.5. The summed E-state index contributed by atoms with van der Waals surface area (Å²) in [7, 11) is 0. The maximum absolute atomic E-state index is 14.0. The van der Waals surface area contributed by atoms with Gasteiger partial charge in [-0.2, -0.15) is 0 Å². The minimum Gasteiger partial charge on any atom is -0.480 e. The van der Waals surface area contributed by atoms with Crippen molar-refractivity contribution >= 4 is 23.9 Å². The van der Waals surface area contributed by atoms with E-state index in [0.29, 0.717) is 0 Å². The molecule has 2 aromatic carbocycles. The largest absolute Gasteiger partial charge is 0.480 e. The highest BCUT2D eigenvalue weighted by Crippen LogP contribution is 2.31. The summed E-state index contributed by atoms with van der Waals surface area (Å²) in [6.45, 7) is 8.95. The molecule has 2 aromatic rings. The Balaban J connectivity index is 1.90. The number of rotatable bonds is 10. The van der Waals surface area contributed by atoms with Gasteiger partial charge in [0, 0.05) is 19.3 Å². The number of benzene rings is 2. The fraction of sp³-hybridized carbons (Fsp3) is 0.467. The monoisotopic (exact) mass is 537 g/mol. The van der Waals surface area contributed by atoms with Gasteiger partial charge in [0.05, 0.1) is 0 Å². The summed E-state index contributed by atoms with van der Waals surface area (Å²) in [4.78, 5) is 52.1. The second-order valence-electron chi connectivity index (χ2n) is 11.6. The zero-order chi connectivity index (χ0) is 28.8. The number of aliphatic carboxylic acids is 1. The number of fused-ring (bicyclic) bond motifs is 1. The Morgan fingerprint density at radius 3 is 1.97 bits per heavy atom. The first-order valence-electron chi connectivity index (χ1n) is 13.2. The summed E-state index contributed by atoms with van der Waals surface area (Å²) in [5.74, 6) is -2.26. The summed E-state index contributed by atoms with van der Waals surface area (Å²) in [6.07, 6.45) is 0.0873. The fourth-order valence-corrected chi connectivity index (χ4v) is 4.74. The summed E-state index contributed by atoms with van der Waals surface area (Å²) < 4.78 is 5.46. The van der Waals surface area contributed by atoms with E-state index in [1.807, 2.05) is 68.4 Å². The number of nitrogens with one attached hydrogen (secondary N) is 3. The highest BCUT2D eigenvalue weighted by atomic mass is 16.6. The van der Waals surface area contributed by atoms with Gasteiger partial charge in [-0.3, -0.25) is 9.59 Å². The molecule has 0 spiro atoms. The van der Waals surface area contributed by atoms with Gasteiger partial charge < -0.3 is 25.8 Å². The van der Waals surface area contributed by atoms with Crippen molar-refractivity contribution in [2.45, 2.75) is 83.5 Å². The van der Waals surface area contributed by atoms with Crippen molar-refractivity contribution in [2.24, 2.45) is 5.92 Å². The van der Waals surface area contributed by atoms with Crippen LogP contribution in [0.15, 0.2) is 54.6 Å². The molecule has 0 saturated heterocycles. The maximum Gasteiger partial charge on any atom is 0.408 e. The molecule has 3 rings (SSSR count). The molecule has 1 aliphatic rings. The van der Waals surface area contributed by atoms with Crippen LogP contribution < -0.4 is 16.0 Å². The number of amides is 3. The van der Waals surface area contributed by atoms with Gasteiger partial charge >= 0.3 is 12.1 Å². The van der Waals surface area contributed by atoms with Crippen LogP contribution in [-0.2, 0) is 38.4 Å². The molecular formula is C30H39N3O6. The van der Waals surface area contributed by atoms with E-state index in [1.165, 1.54) is 0 Å².